The van der Waals surface area contributed by atoms with Crippen molar-refractivity contribution >= 4 is 29.0 Å². The maximum atomic E-state index is 12.7. The third kappa shape index (κ3) is 6.27. The Bertz CT molecular complexity index is 802. The Labute approximate surface area is 176 Å². The Kier molecular flexibility index (Phi) is 7.60. The zero-order valence-corrected chi connectivity index (χ0v) is 17.9. The predicted octanol–water partition coefficient (Wildman–Crippen LogP) is 3.41. The summed E-state index contributed by atoms with van der Waals surface area (Å²) in [5.41, 5.74) is 1.17. The summed E-state index contributed by atoms with van der Waals surface area (Å²) in [5, 5.41) is 8.35. The molecule has 8 heteroatoms. The maximum Gasteiger partial charge on any atom is 0.322 e. The van der Waals surface area contributed by atoms with Gasteiger partial charge in [0, 0.05) is 30.2 Å². The van der Waals surface area contributed by atoms with E-state index in [-0.39, 0.29) is 18.0 Å². The van der Waals surface area contributed by atoms with Crippen molar-refractivity contribution in [2.75, 3.05) is 31.5 Å². The number of likely N-dealkylation sites (tertiary alicyclic amines) is 1. The van der Waals surface area contributed by atoms with E-state index in [2.05, 4.69) is 20.5 Å². The van der Waals surface area contributed by atoms with Crippen LogP contribution in [0, 0.1) is 0 Å². The van der Waals surface area contributed by atoms with Crippen LogP contribution in [0.1, 0.15) is 42.2 Å². The molecule has 1 aromatic heterocycles. The van der Waals surface area contributed by atoms with Crippen LogP contribution in [0.5, 0.6) is 0 Å². The molecule has 0 aliphatic carbocycles. The molecule has 0 saturated carbocycles. The Morgan fingerprint density at radius 1 is 1.21 bits per heavy atom. The number of benzene rings is 1. The van der Waals surface area contributed by atoms with Crippen LogP contribution in [0.15, 0.2) is 35.7 Å². The Hall–Kier alpha value is -2.45. The molecule has 3 rings (SSSR count). The van der Waals surface area contributed by atoms with Gasteiger partial charge in [-0.05, 0) is 51.9 Å². The van der Waals surface area contributed by atoms with E-state index in [1.54, 1.807) is 10.3 Å². The smallest absolute Gasteiger partial charge is 0.322 e. The van der Waals surface area contributed by atoms with E-state index in [1.165, 1.54) is 24.2 Å². The number of hydrogen-bond donors (Lipinski definition) is 2. The van der Waals surface area contributed by atoms with Crippen molar-refractivity contribution in [3.8, 4) is 0 Å². The highest BCUT2D eigenvalue weighted by Crippen LogP contribution is 2.16. The minimum Gasteiger partial charge on any atom is -0.349 e. The van der Waals surface area contributed by atoms with Crippen LogP contribution >= 0.6 is 11.3 Å². The Balaban J connectivity index is 1.53. The lowest BCUT2D eigenvalue weighted by atomic mass is 10.3. The van der Waals surface area contributed by atoms with E-state index in [0.717, 1.165) is 30.3 Å². The molecule has 29 heavy (non-hydrogen) atoms. The average molecular weight is 416 g/mol. The quantitative estimate of drug-likeness (QED) is 0.693. The monoisotopic (exact) mass is 415 g/mol. The highest BCUT2D eigenvalue weighted by atomic mass is 32.1. The van der Waals surface area contributed by atoms with Gasteiger partial charge in [-0.15, -0.1) is 11.3 Å². The van der Waals surface area contributed by atoms with Gasteiger partial charge >= 0.3 is 6.03 Å². The molecule has 0 atom stereocenters. The van der Waals surface area contributed by atoms with Crippen LogP contribution < -0.4 is 10.6 Å². The van der Waals surface area contributed by atoms with E-state index in [1.807, 2.05) is 44.2 Å². The van der Waals surface area contributed by atoms with Gasteiger partial charge in [-0.1, -0.05) is 18.2 Å². The molecule has 2 heterocycles. The molecule has 0 bridgehead atoms. The van der Waals surface area contributed by atoms with Crippen molar-refractivity contribution < 1.29 is 9.59 Å². The average Bonchev–Trinajstić information content (AvgIpc) is 3.38. The molecule has 1 saturated heterocycles. The number of carbonyl (C=O) groups excluding carboxylic acids is 2. The third-order valence-electron chi connectivity index (χ3n) is 4.91. The highest BCUT2D eigenvalue weighted by molar-refractivity contribution is 7.09. The van der Waals surface area contributed by atoms with Crippen molar-refractivity contribution in [3.63, 3.8) is 0 Å². The number of amides is 3. The second kappa shape index (κ2) is 10.4. The van der Waals surface area contributed by atoms with E-state index < -0.39 is 0 Å². The molecule has 1 aliphatic rings. The molecule has 1 aromatic carbocycles. The topological polar surface area (TPSA) is 77.6 Å². The Morgan fingerprint density at radius 3 is 2.62 bits per heavy atom. The van der Waals surface area contributed by atoms with Gasteiger partial charge in [-0.2, -0.15) is 0 Å². The minimum absolute atomic E-state index is 0.000324. The van der Waals surface area contributed by atoms with Crippen LogP contribution in [0.4, 0.5) is 10.5 Å². The number of thiazole rings is 1. The molecule has 0 spiro atoms. The van der Waals surface area contributed by atoms with Crippen molar-refractivity contribution in [1.82, 2.24) is 20.1 Å². The van der Waals surface area contributed by atoms with Crippen LogP contribution in [0.2, 0.25) is 0 Å². The Morgan fingerprint density at radius 2 is 1.93 bits per heavy atom. The van der Waals surface area contributed by atoms with Gasteiger partial charge in [0.1, 0.15) is 10.7 Å². The second-order valence-corrected chi connectivity index (χ2v) is 8.39. The van der Waals surface area contributed by atoms with Gasteiger partial charge < -0.3 is 20.4 Å². The van der Waals surface area contributed by atoms with E-state index in [4.69, 9.17) is 0 Å². The summed E-state index contributed by atoms with van der Waals surface area (Å²) in [7, 11) is 0. The number of nitrogens with zero attached hydrogens (tertiary/aromatic N) is 3. The number of nitrogens with one attached hydrogen (secondary N) is 2. The molecule has 0 radical (unpaired) electrons. The highest BCUT2D eigenvalue weighted by Gasteiger charge is 2.20. The zero-order valence-electron chi connectivity index (χ0n) is 17.1. The molecule has 2 N–H and O–H groups in total. The predicted molar refractivity (Wildman–Crippen MR) is 116 cm³/mol. The molecular formula is C21H29N5O2S. The van der Waals surface area contributed by atoms with Gasteiger partial charge in [0.05, 0.1) is 6.54 Å². The fourth-order valence-electron chi connectivity index (χ4n) is 3.26. The van der Waals surface area contributed by atoms with Gasteiger partial charge in [-0.3, -0.25) is 4.79 Å². The molecular weight excluding hydrogens is 386 g/mol. The fraction of sp³-hybridized carbons (Fsp3) is 0.476. The number of rotatable bonds is 8. The molecule has 1 fully saturated rings. The van der Waals surface area contributed by atoms with E-state index >= 15 is 0 Å². The molecule has 0 unspecified atom stereocenters. The number of anilines is 1. The number of hydrogen-bond acceptors (Lipinski definition) is 5. The lowest BCUT2D eigenvalue weighted by molar-refractivity contribution is 0.0945. The number of aromatic nitrogens is 1. The fourth-order valence-corrected chi connectivity index (χ4v) is 4.04. The minimum atomic E-state index is -0.182. The molecule has 2 aromatic rings. The maximum absolute atomic E-state index is 12.7. The molecule has 1 aliphatic heterocycles. The summed E-state index contributed by atoms with van der Waals surface area (Å²) >= 11 is 1.40. The number of urea groups is 1. The van der Waals surface area contributed by atoms with Gasteiger partial charge in [0.2, 0.25) is 0 Å². The van der Waals surface area contributed by atoms with Gasteiger partial charge in [0.25, 0.3) is 5.91 Å². The van der Waals surface area contributed by atoms with Crippen molar-refractivity contribution in [3.05, 3.63) is 46.4 Å². The molecule has 3 amide bonds. The third-order valence-corrected chi connectivity index (χ3v) is 5.75. The van der Waals surface area contributed by atoms with Crippen LogP contribution in [-0.2, 0) is 6.54 Å². The molecule has 156 valence electrons. The van der Waals surface area contributed by atoms with Crippen molar-refractivity contribution in [2.45, 2.75) is 39.3 Å². The first kappa shape index (κ1) is 21.3. The number of para-hydroxylation sites is 1. The summed E-state index contributed by atoms with van der Waals surface area (Å²) in [4.78, 5) is 33.5. The van der Waals surface area contributed by atoms with Crippen LogP contribution in [0.3, 0.4) is 0 Å². The first-order chi connectivity index (χ1) is 14.0. The largest absolute Gasteiger partial charge is 0.349 e. The normalized spacial score (nSPS) is 14.2. The summed E-state index contributed by atoms with van der Waals surface area (Å²) < 4.78 is 0. The first-order valence-electron chi connectivity index (χ1n) is 10.1. The first-order valence-corrected chi connectivity index (χ1v) is 11.0. The SMILES string of the molecule is CC(C)N(Cc1nc(C(=O)NCCN2CCCC2)cs1)C(=O)Nc1ccccc1. The summed E-state index contributed by atoms with van der Waals surface area (Å²) in [6, 6.07) is 9.19. The lowest BCUT2D eigenvalue weighted by Crippen LogP contribution is -2.39. The van der Waals surface area contributed by atoms with Crippen molar-refractivity contribution in [1.29, 1.82) is 0 Å². The number of carbonyl (C=O) groups is 2. The summed E-state index contributed by atoms with van der Waals surface area (Å²) in [6.07, 6.45) is 2.49. The summed E-state index contributed by atoms with van der Waals surface area (Å²) in [5.74, 6) is -0.156. The lowest BCUT2D eigenvalue weighted by Gasteiger charge is -2.26. The second-order valence-electron chi connectivity index (χ2n) is 7.45. The summed E-state index contributed by atoms with van der Waals surface area (Å²) in [6.45, 7) is 8.03. The van der Waals surface area contributed by atoms with E-state index in [0.29, 0.717) is 18.8 Å². The van der Waals surface area contributed by atoms with Gasteiger partial charge in [-0.25, -0.2) is 9.78 Å². The molecule has 7 nitrogen and oxygen atoms in total. The van der Waals surface area contributed by atoms with E-state index in [9.17, 15) is 9.59 Å². The zero-order chi connectivity index (χ0) is 20.6. The van der Waals surface area contributed by atoms with Crippen LogP contribution in [0.25, 0.3) is 0 Å². The van der Waals surface area contributed by atoms with Crippen LogP contribution in [-0.4, -0.2) is 58.9 Å². The van der Waals surface area contributed by atoms with Gasteiger partial charge in [0.15, 0.2) is 0 Å². The van der Waals surface area contributed by atoms with Crippen molar-refractivity contribution in [2.24, 2.45) is 0 Å². The standard InChI is InChI=1S/C21H29N5O2S/c1-16(2)26(21(28)23-17-8-4-3-5-9-17)14-19-24-18(15-29-19)20(27)22-10-13-25-11-6-7-12-25/h3-5,8-9,15-16H,6-7,10-14H2,1-2H3,(H,22,27)(H,23,28).